The largest absolute Gasteiger partial charge is 0.465 e. The number of nitrogens with zero attached hydrogens (tertiary/aromatic N) is 1. The Hall–Kier alpha value is -1.92. The Morgan fingerprint density at radius 1 is 1.43 bits per heavy atom. The van der Waals surface area contributed by atoms with Crippen molar-refractivity contribution in [3.63, 3.8) is 0 Å². The fourth-order valence-corrected chi connectivity index (χ4v) is 2.49. The predicted octanol–water partition coefficient (Wildman–Crippen LogP) is 3.07. The van der Waals surface area contributed by atoms with E-state index < -0.39 is 5.97 Å². The Morgan fingerprint density at radius 2 is 2.19 bits per heavy atom. The van der Waals surface area contributed by atoms with Gasteiger partial charge in [-0.1, -0.05) is 11.6 Å². The van der Waals surface area contributed by atoms with Crippen LogP contribution in [0.4, 0.5) is 5.69 Å². The molecular weight excluding hydrogens is 312 g/mol. The van der Waals surface area contributed by atoms with Gasteiger partial charge in [0.2, 0.25) is 5.91 Å². The van der Waals surface area contributed by atoms with Crippen LogP contribution in [0.25, 0.3) is 0 Å². The number of carbonyl (C=O) groups excluding carboxylic acids is 2. The molecule has 7 heteroatoms. The van der Waals surface area contributed by atoms with Gasteiger partial charge < -0.3 is 10.1 Å². The molecule has 0 aliphatic heterocycles. The van der Waals surface area contributed by atoms with Crippen molar-refractivity contribution in [2.45, 2.75) is 13.3 Å². The third-order valence-electron chi connectivity index (χ3n) is 2.67. The lowest BCUT2D eigenvalue weighted by molar-refractivity contribution is -0.115. The second-order valence-electron chi connectivity index (χ2n) is 4.27. The summed E-state index contributed by atoms with van der Waals surface area (Å²) < 4.78 is 4.63. The van der Waals surface area contributed by atoms with Gasteiger partial charge in [-0.2, -0.15) is 0 Å². The summed E-state index contributed by atoms with van der Waals surface area (Å²) in [7, 11) is 1.29. The number of thiazole rings is 1. The maximum atomic E-state index is 12.0. The molecule has 21 heavy (non-hydrogen) atoms. The lowest BCUT2D eigenvalue weighted by Crippen LogP contribution is -2.15. The third kappa shape index (κ3) is 4.03. The average molecular weight is 325 g/mol. The van der Waals surface area contributed by atoms with Crippen LogP contribution in [0.15, 0.2) is 23.6 Å². The van der Waals surface area contributed by atoms with E-state index in [-0.39, 0.29) is 12.3 Å². The van der Waals surface area contributed by atoms with Crippen LogP contribution in [-0.4, -0.2) is 24.0 Å². The first-order valence-corrected chi connectivity index (χ1v) is 7.34. The van der Waals surface area contributed by atoms with Crippen molar-refractivity contribution in [2.75, 3.05) is 12.4 Å². The number of halogens is 1. The number of methoxy groups -OCH3 is 1. The molecule has 0 bridgehead atoms. The Balaban J connectivity index is 2.11. The number of anilines is 1. The average Bonchev–Trinajstić information content (AvgIpc) is 2.85. The molecule has 0 fully saturated rings. The Labute approximate surface area is 130 Å². The first-order valence-electron chi connectivity index (χ1n) is 6.08. The number of aryl methyl sites for hydroxylation is 1. The quantitative estimate of drug-likeness (QED) is 0.878. The molecule has 1 aromatic heterocycles. The first kappa shape index (κ1) is 15.5. The van der Waals surface area contributed by atoms with Crippen LogP contribution in [0.2, 0.25) is 5.02 Å². The highest BCUT2D eigenvalue weighted by Crippen LogP contribution is 2.23. The van der Waals surface area contributed by atoms with Gasteiger partial charge in [0.1, 0.15) is 0 Å². The zero-order valence-electron chi connectivity index (χ0n) is 11.5. The number of carbonyl (C=O) groups is 2. The molecule has 1 aromatic carbocycles. The summed E-state index contributed by atoms with van der Waals surface area (Å²) in [6.07, 6.45) is 0.156. The van der Waals surface area contributed by atoms with Crippen molar-refractivity contribution in [3.05, 3.63) is 44.9 Å². The lowest BCUT2D eigenvalue weighted by atomic mass is 10.2. The van der Waals surface area contributed by atoms with Crippen molar-refractivity contribution in [3.8, 4) is 0 Å². The number of hydrogen-bond acceptors (Lipinski definition) is 5. The maximum Gasteiger partial charge on any atom is 0.337 e. The first-order chi connectivity index (χ1) is 9.99. The van der Waals surface area contributed by atoms with E-state index in [1.807, 2.05) is 12.3 Å². The monoisotopic (exact) mass is 324 g/mol. The molecule has 1 N–H and O–H groups in total. The number of ether oxygens (including phenoxy) is 1. The number of rotatable bonds is 4. The number of benzene rings is 1. The van der Waals surface area contributed by atoms with Gasteiger partial charge in [0.25, 0.3) is 0 Å². The van der Waals surface area contributed by atoms with Crippen LogP contribution in [0.5, 0.6) is 0 Å². The fourth-order valence-electron chi connectivity index (χ4n) is 1.71. The van der Waals surface area contributed by atoms with Gasteiger partial charge in [-0.25, -0.2) is 9.78 Å². The molecule has 0 saturated carbocycles. The van der Waals surface area contributed by atoms with Crippen molar-refractivity contribution in [1.82, 2.24) is 4.98 Å². The van der Waals surface area contributed by atoms with E-state index in [1.165, 1.54) is 36.6 Å². The summed E-state index contributed by atoms with van der Waals surface area (Å²) in [5.41, 5.74) is 1.40. The molecule has 0 atom stereocenters. The van der Waals surface area contributed by atoms with E-state index in [0.717, 1.165) is 5.01 Å². The smallest absolute Gasteiger partial charge is 0.337 e. The molecular formula is C14H13ClN2O3S. The molecule has 2 rings (SSSR count). The molecule has 1 amide bonds. The standard InChI is InChI=1S/C14H13ClN2O3S/c1-8-16-10(7-21-8)6-13(18)17-12-5-9(14(19)20-2)3-4-11(12)15/h3-5,7H,6H2,1-2H3,(H,17,18). The molecule has 2 aromatic rings. The highest BCUT2D eigenvalue weighted by Gasteiger charge is 2.12. The second-order valence-corrected chi connectivity index (χ2v) is 5.74. The minimum atomic E-state index is -0.489. The molecule has 110 valence electrons. The van der Waals surface area contributed by atoms with E-state index in [2.05, 4.69) is 15.0 Å². The molecule has 1 heterocycles. The van der Waals surface area contributed by atoms with Gasteiger partial charge in [0.05, 0.1) is 40.5 Å². The second kappa shape index (κ2) is 6.69. The lowest BCUT2D eigenvalue weighted by Gasteiger charge is -2.08. The van der Waals surface area contributed by atoms with Gasteiger partial charge in [0.15, 0.2) is 0 Å². The van der Waals surface area contributed by atoms with Gasteiger partial charge in [-0.05, 0) is 25.1 Å². The summed E-state index contributed by atoms with van der Waals surface area (Å²) in [5.74, 6) is -0.735. The summed E-state index contributed by atoms with van der Waals surface area (Å²) in [4.78, 5) is 27.7. The van der Waals surface area contributed by atoms with E-state index in [0.29, 0.717) is 22.0 Å². The molecule has 0 saturated heterocycles. The van der Waals surface area contributed by atoms with Crippen molar-refractivity contribution in [1.29, 1.82) is 0 Å². The van der Waals surface area contributed by atoms with E-state index >= 15 is 0 Å². The molecule has 0 spiro atoms. The summed E-state index contributed by atoms with van der Waals surface area (Å²) in [6.45, 7) is 1.88. The van der Waals surface area contributed by atoms with E-state index in [4.69, 9.17) is 11.6 Å². The summed E-state index contributed by atoms with van der Waals surface area (Å²) in [6, 6.07) is 4.56. The Kier molecular flexibility index (Phi) is 4.93. The molecule has 5 nitrogen and oxygen atoms in total. The summed E-state index contributed by atoms with van der Waals surface area (Å²) in [5, 5.41) is 5.77. The van der Waals surface area contributed by atoms with Crippen LogP contribution in [-0.2, 0) is 16.0 Å². The van der Waals surface area contributed by atoms with Crippen LogP contribution in [0.1, 0.15) is 21.1 Å². The third-order valence-corrected chi connectivity index (χ3v) is 3.82. The fraction of sp³-hybridized carbons (Fsp3) is 0.214. The maximum absolute atomic E-state index is 12.0. The van der Waals surface area contributed by atoms with Crippen LogP contribution < -0.4 is 5.32 Å². The van der Waals surface area contributed by atoms with Gasteiger partial charge >= 0.3 is 5.97 Å². The molecule has 0 radical (unpaired) electrons. The van der Waals surface area contributed by atoms with Gasteiger partial charge in [-0.3, -0.25) is 4.79 Å². The van der Waals surface area contributed by atoms with Crippen molar-refractivity contribution in [2.24, 2.45) is 0 Å². The molecule has 0 aliphatic carbocycles. The van der Waals surface area contributed by atoms with Crippen LogP contribution >= 0.6 is 22.9 Å². The number of amides is 1. The zero-order chi connectivity index (χ0) is 15.4. The Morgan fingerprint density at radius 3 is 2.81 bits per heavy atom. The summed E-state index contributed by atoms with van der Waals surface area (Å²) >= 11 is 7.50. The Bertz CT molecular complexity index is 685. The highest BCUT2D eigenvalue weighted by molar-refractivity contribution is 7.09. The van der Waals surface area contributed by atoms with Crippen molar-refractivity contribution >= 4 is 40.5 Å². The van der Waals surface area contributed by atoms with Gasteiger partial charge in [0, 0.05) is 5.38 Å². The predicted molar refractivity (Wildman–Crippen MR) is 82.0 cm³/mol. The van der Waals surface area contributed by atoms with E-state index in [1.54, 1.807) is 0 Å². The van der Waals surface area contributed by atoms with Crippen LogP contribution in [0, 0.1) is 6.92 Å². The molecule has 0 aliphatic rings. The van der Waals surface area contributed by atoms with Gasteiger partial charge in [-0.15, -0.1) is 11.3 Å². The number of aromatic nitrogens is 1. The SMILES string of the molecule is COC(=O)c1ccc(Cl)c(NC(=O)Cc2csc(C)n2)c1. The molecule has 0 unspecified atom stereocenters. The highest BCUT2D eigenvalue weighted by atomic mass is 35.5. The minimum Gasteiger partial charge on any atom is -0.465 e. The number of esters is 1. The number of hydrogen-bond donors (Lipinski definition) is 1. The minimum absolute atomic E-state index is 0.156. The van der Waals surface area contributed by atoms with Crippen LogP contribution in [0.3, 0.4) is 0 Å². The normalized spacial score (nSPS) is 10.2. The zero-order valence-corrected chi connectivity index (χ0v) is 13.0. The van der Waals surface area contributed by atoms with Crippen molar-refractivity contribution < 1.29 is 14.3 Å². The number of nitrogens with one attached hydrogen (secondary N) is 1. The topological polar surface area (TPSA) is 68.3 Å². The van der Waals surface area contributed by atoms with E-state index in [9.17, 15) is 9.59 Å².